The molecule has 0 spiro atoms. The SMILES string of the molecule is Cc1cccc(Nc2nc(Cl)ncc2F)c1C#N. The zero-order chi connectivity index (χ0) is 13.1. The van der Waals surface area contributed by atoms with Crippen molar-refractivity contribution in [2.75, 3.05) is 5.32 Å². The molecule has 6 heteroatoms. The van der Waals surface area contributed by atoms with Gasteiger partial charge in [0.15, 0.2) is 11.6 Å². The van der Waals surface area contributed by atoms with E-state index in [9.17, 15) is 4.39 Å². The molecule has 2 rings (SSSR count). The fourth-order valence-corrected chi connectivity index (χ4v) is 1.61. The molecule has 0 saturated carbocycles. The minimum atomic E-state index is -0.634. The Labute approximate surface area is 108 Å². The van der Waals surface area contributed by atoms with Gasteiger partial charge in [-0.15, -0.1) is 0 Å². The van der Waals surface area contributed by atoms with Crippen LogP contribution in [0.5, 0.6) is 0 Å². The van der Waals surface area contributed by atoms with Crippen molar-refractivity contribution in [1.82, 2.24) is 9.97 Å². The Balaban J connectivity index is 2.44. The van der Waals surface area contributed by atoms with Crippen LogP contribution in [0.4, 0.5) is 15.9 Å². The summed E-state index contributed by atoms with van der Waals surface area (Å²) < 4.78 is 13.5. The van der Waals surface area contributed by atoms with Crippen molar-refractivity contribution < 1.29 is 4.39 Å². The summed E-state index contributed by atoms with van der Waals surface area (Å²) >= 11 is 5.59. The maximum Gasteiger partial charge on any atom is 0.224 e. The molecule has 1 heterocycles. The predicted octanol–water partition coefficient (Wildman–Crippen LogP) is 3.19. The van der Waals surface area contributed by atoms with Crippen LogP contribution >= 0.6 is 11.6 Å². The molecule has 0 atom stereocenters. The first-order valence-corrected chi connectivity index (χ1v) is 5.44. The van der Waals surface area contributed by atoms with E-state index in [1.165, 1.54) is 0 Å². The molecule has 4 nitrogen and oxygen atoms in total. The van der Waals surface area contributed by atoms with Gasteiger partial charge < -0.3 is 5.32 Å². The second-order valence-corrected chi connectivity index (χ2v) is 3.91. The summed E-state index contributed by atoms with van der Waals surface area (Å²) in [7, 11) is 0. The smallest absolute Gasteiger partial charge is 0.224 e. The maximum atomic E-state index is 13.5. The molecule has 0 aliphatic heterocycles. The number of aromatic nitrogens is 2. The number of nitrogens with one attached hydrogen (secondary N) is 1. The number of nitriles is 1. The molecule has 18 heavy (non-hydrogen) atoms. The molecule has 90 valence electrons. The fraction of sp³-hybridized carbons (Fsp3) is 0.0833. The van der Waals surface area contributed by atoms with E-state index < -0.39 is 5.82 Å². The number of benzene rings is 1. The second-order valence-electron chi connectivity index (χ2n) is 3.57. The molecule has 1 aromatic carbocycles. The molecular weight excluding hydrogens is 255 g/mol. The molecule has 0 aliphatic carbocycles. The molecule has 0 radical (unpaired) electrons. The summed E-state index contributed by atoms with van der Waals surface area (Å²) in [6, 6.07) is 7.29. The van der Waals surface area contributed by atoms with Crippen LogP contribution in [0.15, 0.2) is 24.4 Å². The van der Waals surface area contributed by atoms with Crippen LogP contribution in [0.2, 0.25) is 5.28 Å². The van der Waals surface area contributed by atoms with Gasteiger partial charge in [0.05, 0.1) is 17.4 Å². The number of anilines is 2. The summed E-state index contributed by atoms with van der Waals surface area (Å²) in [5.74, 6) is -0.693. The van der Waals surface area contributed by atoms with Gasteiger partial charge in [0.25, 0.3) is 0 Å². The van der Waals surface area contributed by atoms with Crippen molar-refractivity contribution in [3.05, 3.63) is 46.6 Å². The van der Waals surface area contributed by atoms with Gasteiger partial charge in [-0.3, -0.25) is 0 Å². The van der Waals surface area contributed by atoms with Crippen LogP contribution in [-0.4, -0.2) is 9.97 Å². The molecular formula is C12H8ClFN4. The van der Waals surface area contributed by atoms with Crippen LogP contribution in [0.25, 0.3) is 0 Å². The standard InChI is InChI=1S/C12H8ClFN4/c1-7-3-2-4-10(8(7)5-15)17-11-9(14)6-16-12(13)18-11/h2-4,6H,1H3,(H,16,17,18). The molecule has 1 N–H and O–H groups in total. The summed E-state index contributed by atoms with van der Waals surface area (Å²) in [4.78, 5) is 7.25. The van der Waals surface area contributed by atoms with Gasteiger partial charge in [-0.2, -0.15) is 10.2 Å². The number of rotatable bonds is 2. The molecule has 0 bridgehead atoms. The highest BCUT2D eigenvalue weighted by Crippen LogP contribution is 2.23. The number of halogens is 2. The van der Waals surface area contributed by atoms with Crippen LogP contribution < -0.4 is 5.32 Å². The molecule has 0 amide bonds. The monoisotopic (exact) mass is 262 g/mol. The average molecular weight is 263 g/mol. The number of aryl methyl sites for hydroxylation is 1. The van der Waals surface area contributed by atoms with E-state index in [4.69, 9.17) is 16.9 Å². The number of nitrogens with zero attached hydrogens (tertiary/aromatic N) is 3. The summed E-state index contributed by atoms with van der Waals surface area (Å²) in [6.07, 6.45) is 0.972. The highest BCUT2D eigenvalue weighted by molar-refractivity contribution is 6.28. The molecule has 1 aromatic heterocycles. The maximum absolute atomic E-state index is 13.5. The van der Waals surface area contributed by atoms with Gasteiger partial charge in [0.2, 0.25) is 5.28 Å². The molecule has 0 saturated heterocycles. The van der Waals surface area contributed by atoms with Crippen molar-refractivity contribution in [2.24, 2.45) is 0 Å². The normalized spacial score (nSPS) is 9.89. The van der Waals surface area contributed by atoms with Gasteiger partial charge in [0.1, 0.15) is 6.07 Å². The zero-order valence-electron chi connectivity index (χ0n) is 9.41. The summed E-state index contributed by atoms with van der Waals surface area (Å²) in [6.45, 7) is 1.80. The minimum absolute atomic E-state index is 0.0582. The highest BCUT2D eigenvalue weighted by atomic mass is 35.5. The lowest BCUT2D eigenvalue weighted by Crippen LogP contribution is -2.01. The lowest BCUT2D eigenvalue weighted by molar-refractivity contribution is 0.619. The fourth-order valence-electron chi connectivity index (χ4n) is 1.48. The first-order valence-electron chi connectivity index (χ1n) is 5.06. The van der Waals surface area contributed by atoms with Crippen molar-refractivity contribution in [2.45, 2.75) is 6.92 Å². The lowest BCUT2D eigenvalue weighted by atomic mass is 10.1. The Morgan fingerprint density at radius 2 is 2.22 bits per heavy atom. The third kappa shape index (κ3) is 2.39. The lowest BCUT2D eigenvalue weighted by Gasteiger charge is -2.09. The van der Waals surface area contributed by atoms with Crippen molar-refractivity contribution in [3.63, 3.8) is 0 Å². The van der Waals surface area contributed by atoms with Gasteiger partial charge in [-0.05, 0) is 30.2 Å². The van der Waals surface area contributed by atoms with E-state index >= 15 is 0 Å². The molecule has 2 aromatic rings. The van der Waals surface area contributed by atoms with Crippen molar-refractivity contribution in [3.8, 4) is 6.07 Å². The Kier molecular flexibility index (Phi) is 3.40. The Bertz CT molecular complexity index is 636. The molecule has 0 aliphatic rings. The average Bonchev–Trinajstić information content (AvgIpc) is 2.34. The third-order valence-corrected chi connectivity index (χ3v) is 2.53. The Morgan fingerprint density at radius 1 is 1.44 bits per heavy atom. The molecule has 0 fully saturated rings. The first-order chi connectivity index (χ1) is 8.61. The van der Waals surface area contributed by atoms with Gasteiger partial charge >= 0.3 is 0 Å². The van der Waals surface area contributed by atoms with E-state index in [0.29, 0.717) is 11.3 Å². The Morgan fingerprint density at radius 3 is 2.94 bits per heavy atom. The van der Waals surface area contributed by atoms with Crippen molar-refractivity contribution in [1.29, 1.82) is 5.26 Å². The second kappa shape index (κ2) is 4.98. The van der Waals surface area contributed by atoms with Crippen LogP contribution in [0.1, 0.15) is 11.1 Å². The predicted molar refractivity (Wildman–Crippen MR) is 66.2 cm³/mol. The minimum Gasteiger partial charge on any atom is -0.337 e. The van der Waals surface area contributed by atoms with E-state index in [-0.39, 0.29) is 11.1 Å². The van der Waals surface area contributed by atoms with E-state index in [1.54, 1.807) is 25.1 Å². The quantitative estimate of drug-likeness (QED) is 0.845. The third-order valence-electron chi connectivity index (χ3n) is 2.35. The highest BCUT2D eigenvalue weighted by Gasteiger charge is 2.10. The zero-order valence-corrected chi connectivity index (χ0v) is 10.2. The van der Waals surface area contributed by atoms with Gasteiger partial charge in [-0.1, -0.05) is 12.1 Å². The topological polar surface area (TPSA) is 61.6 Å². The van der Waals surface area contributed by atoms with E-state index in [0.717, 1.165) is 11.8 Å². The van der Waals surface area contributed by atoms with E-state index in [1.807, 2.05) is 0 Å². The largest absolute Gasteiger partial charge is 0.337 e. The summed E-state index contributed by atoms with van der Waals surface area (Å²) in [5.41, 5.74) is 1.71. The molecule has 0 unspecified atom stereocenters. The van der Waals surface area contributed by atoms with Crippen LogP contribution in [0.3, 0.4) is 0 Å². The Hall–Kier alpha value is -2.19. The number of hydrogen-bond acceptors (Lipinski definition) is 4. The number of hydrogen-bond donors (Lipinski definition) is 1. The van der Waals surface area contributed by atoms with Crippen LogP contribution in [0, 0.1) is 24.1 Å². The van der Waals surface area contributed by atoms with Gasteiger partial charge in [0, 0.05) is 0 Å². The van der Waals surface area contributed by atoms with Crippen LogP contribution in [-0.2, 0) is 0 Å². The van der Waals surface area contributed by atoms with Gasteiger partial charge in [-0.25, -0.2) is 9.37 Å². The first kappa shape index (κ1) is 12.3. The van der Waals surface area contributed by atoms with E-state index in [2.05, 4.69) is 21.4 Å². The summed E-state index contributed by atoms with van der Waals surface area (Å²) in [5, 5.41) is 11.7. The van der Waals surface area contributed by atoms with Crippen molar-refractivity contribution >= 4 is 23.1 Å².